The van der Waals surface area contributed by atoms with Crippen molar-refractivity contribution in [3.8, 4) is 11.5 Å². The number of carbonyl (C=O) groups excluding carboxylic acids is 1. The highest BCUT2D eigenvalue weighted by molar-refractivity contribution is 6.35. The van der Waals surface area contributed by atoms with Gasteiger partial charge in [0.15, 0.2) is 0 Å². The van der Waals surface area contributed by atoms with Gasteiger partial charge in [0.05, 0.1) is 7.11 Å². The molecule has 1 aliphatic rings. The summed E-state index contributed by atoms with van der Waals surface area (Å²) in [5.74, 6) is 1.61. The van der Waals surface area contributed by atoms with E-state index in [9.17, 15) is 4.79 Å². The SMILES string of the molecule is COc1ccc(OCc2ccc(C(=O)N3CCN(Cc4c(Cl)cccc4Cl)CC3)cc2)cc1. The topological polar surface area (TPSA) is 42.0 Å². The van der Waals surface area contributed by atoms with Crippen molar-refractivity contribution in [2.45, 2.75) is 13.2 Å². The van der Waals surface area contributed by atoms with Crippen LogP contribution < -0.4 is 9.47 Å². The van der Waals surface area contributed by atoms with Gasteiger partial charge in [-0.05, 0) is 54.1 Å². The van der Waals surface area contributed by atoms with E-state index in [1.807, 2.05) is 71.6 Å². The van der Waals surface area contributed by atoms with Crippen LogP contribution in [0.25, 0.3) is 0 Å². The van der Waals surface area contributed by atoms with E-state index in [-0.39, 0.29) is 5.91 Å². The lowest BCUT2D eigenvalue weighted by Gasteiger charge is -2.35. The van der Waals surface area contributed by atoms with Gasteiger partial charge in [-0.15, -0.1) is 0 Å². The van der Waals surface area contributed by atoms with Gasteiger partial charge in [0.1, 0.15) is 18.1 Å². The van der Waals surface area contributed by atoms with Gasteiger partial charge >= 0.3 is 0 Å². The van der Waals surface area contributed by atoms with E-state index < -0.39 is 0 Å². The van der Waals surface area contributed by atoms with Gasteiger partial charge in [0.25, 0.3) is 5.91 Å². The monoisotopic (exact) mass is 484 g/mol. The van der Waals surface area contributed by atoms with Crippen molar-refractivity contribution in [1.82, 2.24) is 9.80 Å². The van der Waals surface area contributed by atoms with Crippen molar-refractivity contribution < 1.29 is 14.3 Å². The van der Waals surface area contributed by atoms with Crippen molar-refractivity contribution in [3.05, 3.63) is 93.5 Å². The van der Waals surface area contributed by atoms with Gasteiger partial charge in [-0.3, -0.25) is 9.69 Å². The fraction of sp³-hybridized carbons (Fsp3) is 0.269. The third-order valence-corrected chi connectivity index (χ3v) is 6.48. The zero-order chi connectivity index (χ0) is 23.2. The molecule has 3 aromatic carbocycles. The first kappa shape index (κ1) is 23.4. The van der Waals surface area contributed by atoms with Gasteiger partial charge < -0.3 is 14.4 Å². The highest BCUT2D eigenvalue weighted by Crippen LogP contribution is 2.26. The van der Waals surface area contributed by atoms with Crippen LogP contribution in [0.15, 0.2) is 66.7 Å². The van der Waals surface area contributed by atoms with E-state index in [0.717, 1.165) is 35.7 Å². The summed E-state index contributed by atoms with van der Waals surface area (Å²) < 4.78 is 11.0. The number of halogens is 2. The van der Waals surface area contributed by atoms with Crippen LogP contribution in [0.2, 0.25) is 10.0 Å². The summed E-state index contributed by atoms with van der Waals surface area (Å²) in [6, 6.07) is 20.6. The van der Waals surface area contributed by atoms with Crippen molar-refractivity contribution in [3.63, 3.8) is 0 Å². The molecule has 7 heteroatoms. The molecular weight excluding hydrogens is 459 g/mol. The standard InChI is InChI=1S/C26H26Cl2N2O3/c1-32-21-9-11-22(12-10-21)33-18-19-5-7-20(8-6-19)26(31)30-15-13-29(14-16-30)17-23-24(27)3-2-4-25(23)28/h2-12H,13-18H2,1H3. The number of amides is 1. The van der Waals surface area contributed by atoms with Crippen molar-refractivity contribution in [1.29, 1.82) is 0 Å². The zero-order valence-corrected chi connectivity index (χ0v) is 20.0. The molecule has 0 atom stereocenters. The Morgan fingerprint density at radius 2 is 1.45 bits per heavy atom. The quantitative estimate of drug-likeness (QED) is 0.441. The van der Waals surface area contributed by atoms with Gasteiger partial charge in [0, 0.05) is 53.9 Å². The Morgan fingerprint density at radius 1 is 0.848 bits per heavy atom. The largest absolute Gasteiger partial charge is 0.497 e. The second kappa shape index (κ2) is 10.9. The van der Waals surface area contributed by atoms with Crippen LogP contribution >= 0.6 is 23.2 Å². The maximum absolute atomic E-state index is 12.9. The third-order valence-electron chi connectivity index (χ3n) is 5.77. The molecule has 172 valence electrons. The lowest BCUT2D eigenvalue weighted by molar-refractivity contribution is 0.0628. The average Bonchev–Trinajstić information content (AvgIpc) is 2.86. The summed E-state index contributed by atoms with van der Waals surface area (Å²) in [6.45, 7) is 4.02. The lowest BCUT2D eigenvalue weighted by Crippen LogP contribution is -2.48. The lowest BCUT2D eigenvalue weighted by atomic mass is 10.1. The molecular formula is C26H26Cl2N2O3. The van der Waals surface area contributed by atoms with Crippen molar-refractivity contribution in [2.75, 3.05) is 33.3 Å². The van der Waals surface area contributed by atoms with Gasteiger partial charge in [0.2, 0.25) is 0 Å². The highest BCUT2D eigenvalue weighted by Gasteiger charge is 2.23. The van der Waals surface area contributed by atoms with Crippen LogP contribution in [-0.4, -0.2) is 49.0 Å². The number of hydrogen-bond acceptors (Lipinski definition) is 4. The van der Waals surface area contributed by atoms with Gasteiger partial charge in [-0.1, -0.05) is 41.4 Å². The average molecular weight is 485 g/mol. The molecule has 1 saturated heterocycles. The van der Waals surface area contributed by atoms with E-state index in [1.54, 1.807) is 7.11 Å². The number of carbonyl (C=O) groups is 1. The van der Waals surface area contributed by atoms with E-state index in [2.05, 4.69) is 4.90 Å². The maximum Gasteiger partial charge on any atom is 0.253 e. The first-order valence-corrected chi connectivity index (χ1v) is 11.6. The summed E-state index contributed by atoms with van der Waals surface area (Å²) in [7, 11) is 1.63. The number of hydrogen-bond donors (Lipinski definition) is 0. The Balaban J connectivity index is 1.28. The number of piperazine rings is 1. The van der Waals surface area contributed by atoms with Crippen LogP contribution in [0, 0.1) is 0 Å². The molecule has 0 aliphatic carbocycles. The van der Waals surface area contributed by atoms with E-state index in [1.165, 1.54) is 0 Å². The molecule has 3 aromatic rings. The minimum atomic E-state index is 0.0491. The fourth-order valence-corrected chi connectivity index (χ4v) is 4.30. The van der Waals surface area contributed by atoms with Crippen LogP contribution in [0.1, 0.15) is 21.5 Å². The Labute approximate surface area is 204 Å². The number of rotatable bonds is 7. The highest BCUT2D eigenvalue weighted by atomic mass is 35.5. The second-order valence-electron chi connectivity index (χ2n) is 7.93. The molecule has 0 radical (unpaired) electrons. The molecule has 0 aromatic heterocycles. The van der Waals surface area contributed by atoms with Crippen LogP contribution in [0.5, 0.6) is 11.5 Å². The number of methoxy groups -OCH3 is 1. The van der Waals surface area contributed by atoms with Crippen LogP contribution in [0.3, 0.4) is 0 Å². The van der Waals surface area contributed by atoms with Crippen molar-refractivity contribution >= 4 is 29.1 Å². The maximum atomic E-state index is 12.9. The Bertz CT molecular complexity index is 1060. The van der Waals surface area contributed by atoms with E-state index in [0.29, 0.717) is 41.8 Å². The third kappa shape index (κ3) is 5.99. The molecule has 33 heavy (non-hydrogen) atoms. The molecule has 1 amide bonds. The molecule has 1 fully saturated rings. The zero-order valence-electron chi connectivity index (χ0n) is 18.5. The molecule has 0 N–H and O–H groups in total. The Hall–Kier alpha value is -2.73. The summed E-state index contributed by atoms with van der Waals surface area (Å²) >= 11 is 12.6. The predicted octanol–water partition coefficient (Wildman–Crippen LogP) is 5.54. The van der Waals surface area contributed by atoms with E-state index >= 15 is 0 Å². The molecule has 4 rings (SSSR count). The minimum absolute atomic E-state index is 0.0491. The number of nitrogens with zero attached hydrogens (tertiary/aromatic N) is 2. The molecule has 0 unspecified atom stereocenters. The normalized spacial score (nSPS) is 14.2. The molecule has 0 spiro atoms. The Morgan fingerprint density at radius 3 is 2.06 bits per heavy atom. The molecule has 0 bridgehead atoms. The minimum Gasteiger partial charge on any atom is -0.497 e. The summed E-state index contributed by atoms with van der Waals surface area (Å²) in [6.07, 6.45) is 0. The van der Waals surface area contributed by atoms with E-state index in [4.69, 9.17) is 32.7 Å². The number of ether oxygens (including phenoxy) is 2. The molecule has 5 nitrogen and oxygen atoms in total. The molecule has 1 heterocycles. The van der Waals surface area contributed by atoms with Gasteiger partial charge in [-0.25, -0.2) is 0 Å². The fourth-order valence-electron chi connectivity index (χ4n) is 3.78. The first-order chi connectivity index (χ1) is 16.0. The smallest absolute Gasteiger partial charge is 0.253 e. The van der Waals surface area contributed by atoms with Gasteiger partial charge in [-0.2, -0.15) is 0 Å². The number of benzene rings is 3. The summed E-state index contributed by atoms with van der Waals surface area (Å²) in [5, 5.41) is 1.36. The second-order valence-corrected chi connectivity index (χ2v) is 8.74. The summed E-state index contributed by atoms with van der Waals surface area (Å²) in [4.78, 5) is 17.1. The molecule has 0 saturated carbocycles. The van der Waals surface area contributed by atoms with Crippen LogP contribution in [-0.2, 0) is 13.2 Å². The first-order valence-electron chi connectivity index (χ1n) is 10.8. The van der Waals surface area contributed by atoms with Crippen molar-refractivity contribution in [2.24, 2.45) is 0 Å². The predicted molar refractivity (Wildman–Crippen MR) is 131 cm³/mol. The Kier molecular flexibility index (Phi) is 7.76. The molecule has 1 aliphatic heterocycles. The van der Waals surface area contributed by atoms with Crippen LogP contribution in [0.4, 0.5) is 0 Å². The summed E-state index contributed by atoms with van der Waals surface area (Å²) in [5.41, 5.74) is 2.63.